The molecule has 0 bridgehead atoms. The van der Waals surface area contributed by atoms with Gasteiger partial charge in [0.1, 0.15) is 0 Å². The lowest BCUT2D eigenvalue weighted by molar-refractivity contribution is 0.0999. The molecule has 0 radical (unpaired) electrons. The molecule has 0 saturated heterocycles. The number of amides is 1. The first kappa shape index (κ1) is 15.2. The van der Waals surface area contributed by atoms with Crippen molar-refractivity contribution in [1.82, 2.24) is 10.2 Å². The van der Waals surface area contributed by atoms with Gasteiger partial charge in [-0.3, -0.25) is 9.89 Å². The lowest BCUT2D eigenvalue weighted by atomic mass is 9.95. The molecule has 0 aliphatic rings. The van der Waals surface area contributed by atoms with Gasteiger partial charge in [-0.2, -0.15) is 5.10 Å². The van der Waals surface area contributed by atoms with E-state index in [0.717, 1.165) is 5.56 Å². The molecule has 1 aromatic heterocycles. The molecule has 3 N–H and O–H groups in total. The topological polar surface area (TPSA) is 71.8 Å². The minimum absolute atomic E-state index is 0.0452. The summed E-state index contributed by atoms with van der Waals surface area (Å²) in [5.74, 6) is -0.565. The molecule has 20 heavy (non-hydrogen) atoms. The molecule has 1 heterocycles. The van der Waals surface area contributed by atoms with E-state index in [4.69, 9.17) is 40.5 Å². The molecule has 1 amide bonds. The Morgan fingerprint density at radius 1 is 1.35 bits per heavy atom. The smallest absolute Gasteiger partial charge is 0.252 e. The fourth-order valence-electron chi connectivity index (χ4n) is 2.04. The lowest BCUT2D eigenvalue weighted by Crippen LogP contribution is -2.14. The van der Waals surface area contributed by atoms with Crippen molar-refractivity contribution in [2.75, 3.05) is 0 Å². The van der Waals surface area contributed by atoms with Gasteiger partial charge in [0.05, 0.1) is 17.5 Å². The molecule has 7 heteroatoms. The Morgan fingerprint density at radius 2 is 1.95 bits per heavy atom. The predicted molar refractivity (Wildman–Crippen MR) is 80.7 cm³/mol. The second-order valence-corrected chi connectivity index (χ2v) is 5.77. The second-order valence-electron chi connectivity index (χ2n) is 4.51. The molecule has 106 valence electrons. The van der Waals surface area contributed by atoms with E-state index in [1.165, 1.54) is 6.20 Å². The number of primary amides is 1. The first-order valence-corrected chi connectivity index (χ1v) is 7.00. The molecule has 0 aliphatic heterocycles. The summed E-state index contributed by atoms with van der Waals surface area (Å²) >= 11 is 18.2. The summed E-state index contributed by atoms with van der Waals surface area (Å²) in [4.78, 5) is 11.3. The molecule has 1 atom stereocenters. The van der Waals surface area contributed by atoms with Crippen molar-refractivity contribution < 1.29 is 4.79 Å². The fourth-order valence-corrected chi connectivity index (χ4v) is 3.01. The highest BCUT2D eigenvalue weighted by atomic mass is 35.5. The number of H-pyrrole nitrogens is 1. The largest absolute Gasteiger partial charge is 0.365 e. The van der Waals surface area contributed by atoms with Gasteiger partial charge in [0, 0.05) is 21.0 Å². The molecule has 4 nitrogen and oxygen atoms in total. The van der Waals surface area contributed by atoms with E-state index in [1.807, 2.05) is 6.92 Å². The second kappa shape index (κ2) is 6.04. The Kier molecular flexibility index (Phi) is 4.58. The van der Waals surface area contributed by atoms with Crippen LogP contribution < -0.4 is 5.73 Å². The maximum atomic E-state index is 11.3. The number of nitrogens with one attached hydrogen (secondary N) is 1. The molecule has 1 unspecified atom stereocenters. The normalized spacial score (nSPS) is 12.4. The number of nitrogens with zero attached hydrogens (tertiary/aromatic N) is 1. The van der Waals surface area contributed by atoms with Crippen LogP contribution in [0.25, 0.3) is 0 Å². The number of benzene rings is 1. The number of rotatable bonds is 4. The van der Waals surface area contributed by atoms with Gasteiger partial charge in [0.25, 0.3) is 5.91 Å². The average Bonchev–Trinajstić information content (AvgIpc) is 2.82. The molecule has 0 aliphatic carbocycles. The molecule has 1 aromatic carbocycles. The van der Waals surface area contributed by atoms with Gasteiger partial charge in [0.15, 0.2) is 0 Å². The summed E-state index contributed by atoms with van der Waals surface area (Å²) in [5.41, 5.74) is 7.11. The van der Waals surface area contributed by atoms with Crippen LogP contribution in [-0.2, 0) is 6.42 Å². The Hall–Kier alpha value is -1.23. The monoisotopic (exact) mass is 331 g/mol. The highest BCUT2D eigenvalue weighted by Gasteiger charge is 2.19. The number of aromatic nitrogens is 2. The molecule has 2 aromatic rings. The van der Waals surface area contributed by atoms with E-state index in [9.17, 15) is 4.79 Å². The molecule has 0 spiro atoms. The van der Waals surface area contributed by atoms with Gasteiger partial charge in [-0.25, -0.2) is 0 Å². The van der Waals surface area contributed by atoms with E-state index in [-0.39, 0.29) is 5.92 Å². The fraction of sp³-hybridized carbons (Fsp3) is 0.231. The summed E-state index contributed by atoms with van der Waals surface area (Å²) in [6.45, 7) is 1.93. The number of hydrogen-bond acceptors (Lipinski definition) is 2. The highest BCUT2D eigenvalue weighted by molar-refractivity contribution is 6.39. The number of nitrogens with two attached hydrogens (primary N) is 1. The minimum Gasteiger partial charge on any atom is -0.365 e. The van der Waals surface area contributed by atoms with Crippen molar-refractivity contribution in [3.05, 3.63) is 50.2 Å². The van der Waals surface area contributed by atoms with Crippen LogP contribution in [0.1, 0.15) is 34.5 Å². The zero-order valence-electron chi connectivity index (χ0n) is 10.6. The molecular weight excluding hydrogens is 321 g/mol. The van der Waals surface area contributed by atoms with Crippen LogP contribution in [0.15, 0.2) is 18.3 Å². The predicted octanol–water partition coefficient (Wildman–Crippen LogP) is 3.82. The quantitative estimate of drug-likeness (QED) is 0.893. The van der Waals surface area contributed by atoms with Crippen molar-refractivity contribution in [1.29, 1.82) is 0 Å². The summed E-state index contributed by atoms with van der Waals surface area (Å²) in [6.07, 6.45) is 1.95. The van der Waals surface area contributed by atoms with Crippen LogP contribution >= 0.6 is 34.8 Å². The standard InChI is InChI=1S/C13H12Cl3N3O/c1-6(12-9(13(17)20)5-18-19-12)2-8-10(15)3-7(14)4-11(8)16/h3-6H,2H2,1H3,(H2,17,20)(H,18,19). The molecule has 0 fully saturated rings. The summed E-state index contributed by atoms with van der Waals surface area (Å²) < 4.78 is 0. The first-order chi connectivity index (χ1) is 9.40. The molecule has 2 rings (SSSR count). The Balaban J connectivity index is 2.30. The number of halogens is 3. The van der Waals surface area contributed by atoms with Gasteiger partial charge in [-0.1, -0.05) is 41.7 Å². The van der Waals surface area contributed by atoms with E-state index < -0.39 is 5.91 Å². The number of hydrogen-bond donors (Lipinski definition) is 2. The number of aromatic amines is 1. The van der Waals surface area contributed by atoms with E-state index in [0.29, 0.717) is 32.7 Å². The van der Waals surface area contributed by atoms with Gasteiger partial charge >= 0.3 is 0 Å². The molecule has 0 saturated carbocycles. The van der Waals surface area contributed by atoms with Gasteiger partial charge in [0.2, 0.25) is 0 Å². The third-order valence-corrected chi connectivity index (χ3v) is 3.94. The molecular formula is C13H12Cl3N3O. The Bertz CT molecular complexity index is 631. The maximum Gasteiger partial charge on any atom is 0.252 e. The maximum absolute atomic E-state index is 11.3. The van der Waals surface area contributed by atoms with Crippen LogP contribution in [-0.4, -0.2) is 16.1 Å². The lowest BCUT2D eigenvalue weighted by Gasteiger charge is -2.14. The third kappa shape index (κ3) is 3.08. The van der Waals surface area contributed by atoms with Crippen molar-refractivity contribution in [2.24, 2.45) is 5.73 Å². The minimum atomic E-state index is -0.520. The summed E-state index contributed by atoms with van der Waals surface area (Å²) in [6, 6.07) is 3.28. The van der Waals surface area contributed by atoms with E-state index in [2.05, 4.69) is 10.2 Å². The van der Waals surface area contributed by atoms with Crippen molar-refractivity contribution >= 4 is 40.7 Å². The van der Waals surface area contributed by atoms with Crippen molar-refractivity contribution in [2.45, 2.75) is 19.3 Å². The third-order valence-electron chi connectivity index (χ3n) is 3.04. The summed E-state index contributed by atoms with van der Waals surface area (Å²) in [7, 11) is 0. The van der Waals surface area contributed by atoms with Crippen molar-refractivity contribution in [3.8, 4) is 0 Å². The van der Waals surface area contributed by atoms with Crippen molar-refractivity contribution in [3.63, 3.8) is 0 Å². The average molecular weight is 333 g/mol. The number of carbonyl (C=O) groups is 1. The van der Waals surface area contributed by atoms with Gasteiger partial charge < -0.3 is 5.73 Å². The number of carbonyl (C=O) groups excluding carboxylic acids is 1. The first-order valence-electron chi connectivity index (χ1n) is 5.86. The van der Waals surface area contributed by atoms with E-state index >= 15 is 0 Å². The van der Waals surface area contributed by atoms with Gasteiger partial charge in [-0.15, -0.1) is 0 Å². The van der Waals surface area contributed by atoms with Gasteiger partial charge in [-0.05, 0) is 24.1 Å². The zero-order valence-corrected chi connectivity index (χ0v) is 12.9. The van der Waals surface area contributed by atoms with Crippen LogP contribution in [0.2, 0.25) is 15.1 Å². The van der Waals surface area contributed by atoms with Crippen LogP contribution in [0, 0.1) is 0 Å². The highest BCUT2D eigenvalue weighted by Crippen LogP contribution is 2.33. The Morgan fingerprint density at radius 3 is 2.50 bits per heavy atom. The SMILES string of the molecule is CC(Cc1c(Cl)cc(Cl)cc1Cl)c1[nH]ncc1C(N)=O. The zero-order chi connectivity index (χ0) is 14.9. The van der Waals surface area contributed by atoms with E-state index in [1.54, 1.807) is 12.1 Å². The Labute approximate surface area is 131 Å². The van der Waals surface area contributed by atoms with Crippen LogP contribution in [0.5, 0.6) is 0 Å². The van der Waals surface area contributed by atoms with Crippen LogP contribution in [0.3, 0.4) is 0 Å². The van der Waals surface area contributed by atoms with Crippen LogP contribution in [0.4, 0.5) is 0 Å². The summed E-state index contributed by atoms with van der Waals surface area (Å²) in [5, 5.41) is 8.12.